The van der Waals surface area contributed by atoms with Crippen LogP contribution in [-0.2, 0) is 22.4 Å². The smallest absolute Gasteiger partial charge is 0.416 e. The molecule has 0 unspecified atom stereocenters. The topological polar surface area (TPSA) is 84.9 Å². The van der Waals surface area contributed by atoms with Crippen LogP contribution in [-0.4, -0.2) is 35.1 Å². The van der Waals surface area contributed by atoms with E-state index < -0.39 is 35.3 Å². The molecule has 1 aliphatic heterocycles. The molecule has 0 radical (unpaired) electrons. The zero-order valence-electron chi connectivity index (χ0n) is 21.3. The Bertz CT molecular complexity index is 1530. The minimum absolute atomic E-state index is 0.0496. The lowest BCUT2D eigenvalue weighted by atomic mass is 10.1. The Balaban J connectivity index is 1.48. The standard InChI is InChI=1S/C28H21F4IN2O5S/c1-2-39-22-11-17(10-21(33)25(22)40-15-16-5-3-7-19(29)9-16)12-23-26(37)35(27(38)41-23)14-24(36)34-20-8-4-6-18(13-20)28(30,31)32/h3-13H,2,14-15H2,1H3,(H,34,36)/b23-12-. The van der Waals surface area contributed by atoms with E-state index in [4.69, 9.17) is 9.47 Å². The van der Waals surface area contributed by atoms with Gasteiger partial charge in [0.25, 0.3) is 11.1 Å². The molecule has 1 aliphatic rings. The Morgan fingerprint density at radius 1 is 1.07 bits per heavy atom. The number of hydrogen-bond acceptors (Lipinski definition) is 6. The largest absolute Gasteiger partial charge is 0.490 e. The van der Waals surface area contributed by atoms with Crippen LogP contribution in [0.15, 0.2) is 65.6 Å². The molecular formula is C28H21F4IN2O5S. The summed E-state index contributed by atoms with van der Waals surface area (Å²) in [5.74, 6) is -1.14. The molecule has 1 fully saturated rings. The number of halogens is 5. The molecule has 0 spiro atoms. The number of carbonyl (C=O) groups is 3. The fourth-order valence-electron chi connectivity index (χ4n) is 3.76. The van der Waals surface area contributed by atoms with Crippen LogP contribution in [0.3, 0.4) is 0 Å². The van der Waals surface area contributed by atoms with Crippen molar-refractivity contribution < 1.29 is 41.4 Å². The average Bonchev–Trinajstić information content (AvgIpc) is 3.15. The van der Waals surface area contributed by atoms with Crippen LogP contribution >= 0.6 is 34.4 Å². The van der Waals surface area contributed by atoms with E-state index in [0.29, 0.717) is 49.5 Å². The second kappa shape index (κ2) is 12.9. The van der Waals surface area contributed by atoms with Gasteiger partial charge >= 0.3 is 6.18 Å². The quantitative estimate of drug-likeness (QED) is 0.146. The SMILES string of the molecule is CCOc1cc(/C=C2\SC(=O)N(CC(=O)Nc3cccc(C(F)(F)F)c3)C2=O)cc(I)c1OCc1cccc(F)c1. The predicted octanol–water partition coefficient (Wildman–Crippen LogP) is 7.10. The van der Waals surface area contributed by atoms with Crippen molar-refractivity contribution in [3.05, 3.63) is 91.6 Å². The average molecular weight is 700 g/mol. The molecule has 214 valence electrons. The number of nitrogens with zero attached hydrogens (tertiary/aromatic N) is 1. The predicted molar refractivity (Wildman–Crippen MR) is 154 cm³/mol. The molecule has 3 amide bonds. The molecule has 4 rings (SSSR count). The van der Waals surface area contributed by atoms with E-state index in [-0.39, 0.29) is 23.0 Å². The minimum atomic E-state index is -4.59. The molecule has 3 aromatic rings. The van der Waals surface area contributed by atoms with Crippen LogP contribution in [0.1, 0.15) is 23.6 Å². The van der Waals surface area contributed by atoms with Crippen LogP contribution in [0.2, 0.25) is 0 Å². The first-order chi connectivity index (χ1) is 19.4. The van der Waals surface area contributed by atoms with Gasteiger partial charge in [0.1, 0.15) is 19.0 Å². The lowest BCUT2D eigenvalue weighted by Crippen LogP contribution is -2.36. The number of hydrogen-bond donors (Lipinski definition) is 1. The normalized spacial score (nSPS) is 14.5. The van der Waals surface area contributed by atoms with Gasteiger partial charge in [-0.1, -0.05) is 18.2 Å². The molecule has 0 atom stereocenters. The van der Waals surface area contributed by atoms with Gasteiger partial charge in [0.05, 0.1) is 20.6 Å². The summed E-state index contributed by atoms with van der Waals surface area (Å²) < 4.78 is 64.6. The summed E-state index contributed by atoms with van der Waals surface area (Å²) in [6, 6.07) is 13.3. The number of imide groups is 1. The van der Waals surface area contributed by atoms with E-state index in [1.54, 1.807) is 31.2 Å². The van der Waals surface area contributed by atoms with E-state index in [1.807, 2.05) is 22.6 Å². The highest BCUT2D eigenvalue weighted by molar-refractivity contribution is 14.1. The maximum atomic E-state index is 13.5. The Morgan fingerprint density at radius 3 is 2.54 bits per heavy atom. The van der Waals surface area contributed by atoms with Crippen LogP contribution in [0.4, 0.5) is 28.0 Å². The van der Waals surface area contributed by atoms with Crippen molar-refractivity contribution in [2.24, 2.45) is 0 Å². The maximum absolute atomic E-state index is 13.5. The zero-order chi connectivity index (χ0) is 29.7. The molecule has 1 N–H and O–H groups in total. The van der Waals surface area contributed by atoms with Gasteiger partial charge in [0.2, 0.25) is 5.91 Å². The van der Waals surface area contributed by atoms with E-state index in [0.717, 1.165) is 18.2 Å². The molecule has 0 aromatic heterocycles. The summed E-state index contributed by atoms with van der Waals surface area (Å²) in [5.41, 5.74) is 0.0777. The van der Waals surface area contributed by atoms with E-state index in [2.05, 4.69) is 5.32 Å². The van der Waals surface area contributed by atoms with Crippen molar-refractivity contribution in [3.63, 3.8) is 0 Å². The number of amides is 3. The van der Waals surface area contributed by atoms with Gasteiger partial charge in [-0.3, -0.25) is 19.3 Å². The molecular weight excluding hydrogens is 679 g/mol. The summed E-state index contributed by atoms with van der Waals surface area (Å²) >= 11 is 2.66. The number of alkyl halides is 3. The lowest BCUT2D eigenvalue weighted by molar-refractivity contribution is -0.137. The highest BCUT2D eigenvalue weighted by Gasteiger charge is 2.36. The van der Waals surface area contributed by atoms with Gasteiger partial charge in [0.15, 0.2) is 11.5 Å². The maximum Gasteiger partial charge on any atom is 0.416 e. The summed E-state index contributed by atoms with van der Waals surface area (Å²) in [6.45, 7) is 1.51. The highest BCUT2D eigenvalue weighted by atomic mass is 127. The number of ether oxygens (including phenoxy) is 2. The monoisotopic (exact) mass is 700 g/mol. The molecule has 13 heteroatoms. The Hall–Kier alpha value is -3.59. The Kier molecular flexibility index (Phi) is 9.58. The van der Waals surface area contributed by atoms with E-state index >= 15 is 0 Å². The number of rotatable bonds is 9. The van der Waals surface area contributed by atoms with Gasteiger partial charge < -0.3 is 14.8 Å². The second-order valence-corrected chi connectivity index (χ2v) is 10.7. The summed E-state index contributed by atoms with van der Waals surface area (Å²) in [4.78, 5) is 38.7. The van der Waals surface area contributed by atoms with Gasteiger partial charge in [0, 0.05) is 5.69 Å². The summed E-state index contributed by atoms with van der Waals surface area (Å²) in [7, 11) is 0. The van der Waals surface area contributed by atoms with Crippen molar-refractivity contribution in [2.75, 3.05) is 18.5 Å². The number of thioether (sulfide) groups is 1. The highest BCUT2D eigenvalue weighted by Crippen LogP contribution is 2.38. The van der Waals surface area contributed by atoms with E-state index in [1.165, 1.54) is 24.3 Å². The van der Waals surface area contributed by atoms with Crippen LogP contribution < -0.4 is 14.8 Å². The number of benzene rings is 3. The van der Waals surface area contributed by atoms with Crippen LogP contribution in [0.25, 0.3) is 6.08 Å². The number of carbonyl (C=O) groups excluding carboxylic acids is 3. The lowest BCUT2D eigenvalue weighted by Gasteiger charge is -2.15. The molecule has 1 saturated heterocycles. The third kappa shape index (κ3) is 7.79. The first-order valence-electron chi connectivity index (χ1n) is 12.0. The third-order valence-electron chi connectivity index (χ3n) is 5.55. The van der Waals surface area contributed by atoms with Gasteiger partial charge in [-0.15, -0.1) is 0 Å². The Labute approximate surface area is 250 Å². The fraction of sp³-hybridized carbons (Fsp3) is 0.179. The number of anilines is 1. The van der Waals surface area contributed by atoms with Gasteiger partial charge in [-0.2, -0.15) is 13.2 Å². The first kappa shape index (κ1) is 30.4. The molecule has 1 heterocycles. The van der Waals surface area contributed by atoms with Crippen molar-refractivity contribution in [2.45, 2.75) is 19.7 Å². The molecule has 0 saturated carbocycles. The second-order valence-electron chi connectivity index (χ2n) is 8.58. The molecule has 7 nitrogen and oxygen atoms in total. The van der Waals surface area contributed by atoms with Crippen molar-refractivity contribution in [3.8, 4) is 11.5 Å². The summed E-state index contributed by atoms with van der Waals surface area (Å²) in [6.07, 6.45) is -3.12. The van der Waals surface area contributed by atoms with Gasteiger partial charge in [-0.25, -0.2) is 4.39 Å². The fourth-order valence-corrected chi connectivity index (χ4v) is 5.38. The zero-order valence-corrected chi connectivity index (χ0v) is 24.2. The third-order valence-corrected chi connectivity index (χ3v) is 7.26. The van der Waals surface area contributed by atoms with Crippen LogP contribution in [0.5, 0.6) is 11.5 Å². The van der Waals surface area contributed by atoms with Crippen molar-refractivity contribution >= 4 is 63.2 Å². The van der Waals surface area contributed by atoms with E-state index in [9.17, 15) is 31.9 Å². The molecule has 41 heavy (non-hydrogen) atoms. The van der Waals surface area contributed by atoms with Crippen molar-refractivity contribution in [1.82, 2.24) is 4.90 Å². The molecule has 0 bridgehead atoms. The molecule has 0 aliphatic carbocycles. The first-order valence-corrected chi connectivity index (χ1v) is 13.9. The van der Waals surface area contributed by atoms with Crippen molar-refractivity contribution in [1.29, 1.82) is 0 Å². The summed E-state index contributed by atoms with van der Waals surface area (Å²) in [5, 5.41) is 1.58. The van der Waals surface area contributed by atoms with Crippen LogP contribution in [0, 0.1) is 9.39 Å². The van der Waals surface area contributed by atoms with Gasteiger partial charge in [-0.05, 0) is 101 Å². The molecule has 3 aromatic carbocycles. The number of nitrogens with one attached hydrogen (secondary N) is 1. The minimum Gasteiger partial charge on any atom is -0.490 e. The Morgan fingerprint density at radius 2 is 1.83 bits per heavy atom.